The van der Waals surface area contributed by atoms with E-state index < -0.39 is 5.91 Å². The predicted octanol–water partition coefficient (Wildman–Crippen LogP) is -0.815. The monoisotopic (exact) mass is 295 g/mol. The molecule has 2 aliphatic heterocycles. The number of nitrogens with zero attached hydrogens (tertiary/aromatic N) is 3. The third-order valence-electron chi connectivity index (χ3n) is 4.11. The largest absolute Gasteiger partial charge is 0.379 e. The summed E-state index contributed by atoms with van der Waals surface area (Å²) in [7, 11) is 0. The molecule has 3 rings (SSSR count). The van der Waals surface area contributed by atoms with E-state index in [0.29, 0.717) is 18.3 Å². The minimum absolute atomic E-state index is 0.219. The highest BCUT2D eigenvalue weighted by Gasteiger charge is 2.29. The first kappa shape index (κ1) is 14.5. The quantitative estimate of drug-likeness (QED) is 0.426. The lowest BCUT2D eigenvalue weighted by molar-refractivity contribution is 0.0182. The van der Waals surface area contributed by atoms with Gasteiger partial charge in [0, 0.05) is 38.3 Å². The number of carbonyl (C=O) groups excluding carboxylic acids is 1. The average molecular weight is 295 g/mol. The second-order valence-electron chi connectivity index (χ2n) is 5.48. The van der Waals surface area contributed by atoms with Crippen LogP contribution in [0.1, 0.15) is 22.7 Å². The Labute approximate surface area is 123 Å². The molecule has 0 aliphatic carbocycles. The van der Waals surface area contributed by atoms with E-state index in [2.05, 4.69) is 15.0 Å². The number of ether oxygens (including phenoxy) is 1. The van der Waals surface area contributed by atoms with Crippen LogP contribution in [0.2, 0.25) is 0 Å². The van der Waals surface area contributed by atoms with E-state index in [4.69, 9.17) is 15.1 Å². The van der Waals surface area contributed by atoms with Crippen molar-refractivity contribution in [3.63, 3.8) is 0 Å². The number of hydrogen-bond acceptors (Lipinski definition) is 7. The number of morpholine rings is 1. The zero-order valence-electron chi connectivity index (χ0n) is 12.0. The van der Waals surface area contributed by atoms with Crippen LogP contribution in [0.5, 0.6) is 0 Å². The molecule has 21 heavy (non-hydrogen) atoms. The number of nitrogens with two attached hydrogens (primary N) is 1. The van der Waals surface area contributed by atoms with Crippen molar-refractivity contribution < 1.29 is 14.1 Å². The third-order valence-corrected chi connectivity index (χ3v) is 4.11. The number of rotatable bonds is 4. The highest BCUT2D eigenvalue weighted by Crippen LogP contribution is 2.19. The van der Waals surface area contributed by atoms with Crippen molar-refractivity contribution in [1.82, 2.24) is 20.4 Å². The molecule has 0 saturated carbocycles. The molecule has 1 atom stereocenters. The molecule has 0 bridgehead atoms. The molecule has 3 N–H and O–H groups in total. The Bertz CT molecular complexity index is 486. The van der Waals surface area contributed by atoms with Gasteiger partial charge in [0.15, 0.2) is 11.5 Å². The third kappa shape index (κ3) is 3.41. The van der Waals surface area contributed by atoms with E-state index in [-0.39, 0.29) is 5.69 Å². The molecular formula is C13H21N5O3. The van der Waals surface area contributed by atoms with Crippen LogP contribution in [-0.2, 0) is 11.3 Å². The van der Waals surface area contributed by atoms with E-state index in [1.807, 2.05) is 5.43 Å². The number of amides is 1. The molecule has 0 spiro atoms. The van der Waals surface area contributed by atoms with Gasteiger partial charge in [-0.15, -0.1) is 0 Å². The van der Waals surface area contributed by atoms with Crippen LogP contribution in [0.25, 0.3) is 0 Å². The standard InChI is InChI=1S/C13H21N5O3/c14-15-13(19)12-7-11(21-16-12)9-17-2-1-10(8-17)18-3-5-20-6-4-18/h7,10H,1-6,8-9,14H2,(H,15,19). The second-order valence-corrected chi connectivity index (χ2v) is 5.48. The molecule has 0 aromatic carbocycles. The molecule has 116 valence electrons. The van der Waals surface area contributed by atoms with Crippen molar-refractivity contribution >= 4 is 5.91 Å². The van der Waals surface area contributed by atoms with Crippen molar-refractivity contribution in [1.29, 1.82) is 0 Å². The van der Waals surface area contributed by atoms with Gasteiger partial charge in [-0.1, -0.05) is 5.16 Å². The van der Waals surface area contributed by atoms with Gasteiger partial charge in [0.05, 0.1) is 19.8 Å². The lowest BCUT2D eigenvalue weighted by Gasteiger charge is -2.32. The fourth-order valence-corrected chi connectivity index (χ4v) is 2.99. The van der Waals surface area contributed by atoms with E-state index in [1.165, 1.54) is 0 Å². The normalized spacial score (nSPS) is 24.3. The van der Waals surface area contributed by atoms with Gasteiger partial charge < -0.3 is 9.26 Å². The summed E-state index contributed by atoms with van der Waals surface area (Å²) >= 11 is 0. The molecule has 2 fully saturated rings. The first-order valence-corrected chi connectivity index (χ1v) is 7.27. The summed E-state index contributed by atoms with van der Waals surface area (Å²) in [6, 6.07) is 2.23. The SMILES string of the molecule is NNC(=O)c1cc(CN2CCC(N3CCOCC3)C2)on1. The highest BCUT2D eigenvalue weighted by molar-refractivity contribution is 5.91. The Morgan fingerprint density at radius 2 is 2.24 bits per heavy atom. The minimum Gasteiger partial charge on any atom is -0.379 e. The number of hydrazine groups is 1. The van der Waals surface area contributed by atoms with Crippen molar-refractivity contribution in [3.05, 3.63) is 17.5 Å². The van der Waals surface area contributed by atoms with Gasteiger partial charge >= 0.3 is 0 Å². The number of nitrogen functional groups attached to an aromatic ring is 1. The number of carbonyl (C=O) groups is 1. The predicted molar refractivity (Wildman–Crippen MR) is 74.2 cm³/mol. The van der Waals surface area contributed by atoms with E-state index in [0.717, 1.165) is 45.8 Å². The minimum atomic E-state index is -0.433. The molecular weight excluding hydrogens is 274 g/mol. The van der Waals surface area contributed by atoms with Gasteiger partial charge in [-0.25, -0.2) is 5.84 Å². The summed E-state index contributed by atoms with van der Waals surface area (Å²) in [5.74, 6) is 5.33. The van der Waals surface area contributed by atoms with Gasteiger partial charge in [0.25, 0.3) is 5.91 Å². The molecule has 0 radical (unpaired) electrons. The lowest BCUT2D eigenvalue weighted by atomic mass is 10.2. The topological polar surface area (TPSA) is 96.9 Å². The van der Waals surface area contributed by atoms with Crippen molar-refractivity contribution in [2.45, 2.75) is 19.0 Å². The van der Waals surface area contributed by atoms with Crippen LogP contribution in [0, 0.1) is 0 Å². The molecule has 1 aromatic rings. The van der Waals surface area contributed by atoms with Gasteiger partial charge in [-0.3, -0.25) is 20.0 Å². The maximum atomic E-state index is 11.3. The van der Waals surface area contributed by atoms with Gasteiger partial charge in [-0.2, -0.15) is 0 Å². The van der Waals surface area contributed by atoms with E-state index >= 15 is 0 Å². The van der Waals surface area contributed by atoms with Crippen molar-refractivity contribution in [3.8, 4) is 0 Å². The maximum absolute atomic E-state index is 11.3. The van der Waals surface area contributed by atoms with E-state index in [1.54, 1.807) is 6.07 Å². The van der Waals surface area contributed by atoms with Crippen LogP contribution < -0.4 is 11.3 Å². The van der Waals surface area contributed by atoms with Gasteiger partial charge in [0.2, 0.25) is 0 Å². The highest BCUT2D eigenvalue weighted by atomic mass is 16.5. The molecule has 2 aliphatic rings. The number of aromatic nitrogens is 1. The summed E-state index contributed by atoms with van der Waals surface area (Å²) in [4.78, 5) is 16.2. The van der Waals surface area contributed by atoms with Gasteiger partial charge in [-0.05, 0) is 6.42 Å². The maximum Gasteiger partial charge on any atom is 0.287 e. The Balaban J connectivity index is 1.52. The summed E-state index contributed by atoms with van der Waals surface area (Å²) in [5, 5.41) is 3.72. The molecule has 2 saturated heterocycles. The Kier molecular flexibility index (Phi) is 4.49. The fraction of sp³-hybridized carbons (Fsp3) is 0.692. The number of likely N-dealkylation sites (tertiary alicyclic amines) is 1. The molecule has 1 aromatic heterocycles. The summed E-state index contributed by atoms with van der Waals surface area (Å²) in [6.07, 6.45) is 1.16. The van der Waals surface area contributed by atoms with Crippen LogP contribution in [0.15, 0.2) is 10.6 Å². The summed E-state index contributed by atoms with van der Waals surface area (Å²) in [5.41, 5.74) is 2.26. The Hall–Kier alpha value is -1.48. The smallest absolute Gasteiger partial charge is 0.287 e. The lowest BCUT2D eigenvalue weighted by Crippen LogP contribution is -2.44. The fourth-order valence-electron chi connectivity index (χ4n) is 2.99. The molecule has 1 unspecified atom stereocenters. The Morgan fingerprint density at radius 3 is 3.00 bits per heavy atom. The molecule has 1 amide bonds. The average Bonchev–Trinajstić information content (AvgIpc) is 3.17. The van der Waals surface area contributed by atoms with Crippen LogP contribution >= 0.6 is 0 Å². The number of nitrogens with one attached hydrogen (secondary N) is 1. The van der Waals surface area contributed by atoms with E-state index in [9.17, 15) is 4.79 Å². The second kappa shape index (κ2) is 6.52. The van der Waals surface area contributed by atoms with Gasteiger partial charge in [0.1, 0.15) is 0 Å². The van der Waals surface area contributed by atoms with Crippen molar-refractivity contribution in [2.24, 2.45) is 5.84 Å². The zero-order chi connectivity index (χ0) is 14.7. The Morgan fingerprint density at radius 1 is 1.43 bits per heavy atom. The summed E-state index contributed by atoms with van der Waals surface area (Å²) in [6.45, 7) is 6.40. The molecule has 8 nitrogen and oxygen atoms in total. The first-order chi connectivity index (χ1) is 10.3. The summed E-state index contributed by atoms with van der Waals surface area (Å²) < 4.78 is 10.6. The zero-order valence-corrected chi connectivity index (χ0v) is 12.0. The first-order valence-electron chi connectivity index (χ1n) is 7.27. The van der Waals surface area contributed by atoms with Crippen molar-refractivity contribution in [2.75, 3.05) is 39.4 Å². The molecule has 8 heteroatoms. The van der Waals surface area contributed by atoms with Crippen LogP contribution in [0.3, 0.4) is 0 Å². The number of hydrogen-bond donors (Lipinski definition) is 2. The van der Waals surface area contributed by atoms with Crippen LogP contribution in [0.4, 0.5) is 0 Å². The molecule has 3 heterocycles. The van der Waals surface area contributed by atoms with Crippen LogP contribution in [-0.4, -0.2) is 66.3 Å².